The van der Waals surface area contributed by atoms with Crippen molar-refractivity contribution in [3.05, 3.63) is 46.0 Å². The van der Waals surface area contributed by atoms with Gasteiger partial charge in [0.25, 0.3) is 5.91 Å². The average molecular weight is 460 g/mol. The van der Waals surface area contributed by atoms with Gasteiger partial charge >= 0.3 is 0 Å². The zero-order valence-corrected chi connectivity index (χ0v) is 18.1. The lowest BCUT2D eigenvalue weighted by Crippen LogP contribution is -2.66. The van der Waals surface area contributed by atoms with Gasteiger partial charge in [0, 0.05) is 17.1 Å². The molecule has 1 aromatic carbocycles. The number of primary amides is 1. The number of halogens is 1. The minimum absolute atomic E-state index is 0.0117. The maximum Gasteiger partial charge on any atom is 0.255 e. The number of nitrogens with zero attached hydrogens (tertiary/aromatic N) is 1. The number of carbonyl (C=O) groups excluding carboxylic acids is 3. The molecule has 0 saturated heterocycles. The molecule has 1 fully saturated rings. The van der Waals surface area contributed by atoms with Crippen LogP contribution < -0.4 is 5.73 Å². The first-order valence-corrected chi connectivity index (χ1v) is 10.7. The Kier molecular flexibility index (Phi) is 5.33. The third kappa shape index (κ3) is 3.01. The molecule has 0 bridgehead atoms. The fraction of sp³-hybridized carbons (Fsp3) is 0.435. The van der Waals surface area contributed by atoms with Gasteiger partial charge in [-0.15, -0.1) is 0 Å². The van der Waals surface area contributed by atoms with Crippen LogP contribution in [0.2, 0.25) is 0 Å². The van der Waals surface area contributed by atoms with Crippen LogP contribution in [0, 0.1) is 17.7 Å². The molecule has 0 unspecified atom stereocenters. The number of phenolic OH excluding ortho intramolecular Hbond substituents is 1. The molecule has 6 N–H and O–H groups in total. The molecule has 0 radical (unpaired) electrons. The van der Waals surface area contributed by atoms with E-state index in [1.165, 1.54) is 0 Å². The molecule has 4 atom stereocenters. The maximum absolute atomic E-state index is 14.5. The van der Waals surface area contributed by atoms with Gasteiger partial charge in [0.1, 0.15) is 28.7 Å². The van der Waals surface area contributed by atoms with Crippen molar-refractivity contribution in [2.75, 3.05) is 13.6 Å². The van der Waals surface area contributed by atoms with Gasteiger partial charge in [0.15, 0.2) is 11.4 Å². The third-order valence-corrected chi connectivity index (χ3v) is 7.04. The summed E-state index contributed by atoms with van der Waals surface area (Å²) in [6.45, 7) is 2.24. The second-order valence-electron chi connectivity index (χ2n) is 8.90. The molecular formula is C23H25FN2O7. The van der Waals surface area contributed by atoms with Crippen molar-refractivity contribution in [1.29, 1.82) is 0 Å². The number of nitrogens with two attached hydrogens (primary N) is 1. The minimum Gasteiger partial charge on any atom is -0.508 e. The first-order chi connectivity index (χ1) is 15.5. The number of aliphatic hydroxyl groups is 3. The van der Waals surface area contributed by atoms with E-state index in [0.29, 0.717) is 13.0 Å². The third-order valence-electron chi connectivity index (χ3n) is 7.04. The van der Waals surface area contributed by atoms with Crippen molar-refractivity contribution in [2.24, 2.45) is 17.6 Å². The summed E-state index contributed by atoms with van der Waals surface area (Å²) < 4.78 is 14.5. The van der Waals surface area contributed by atoms with Crippen LogP contribution in [-0.2, 0) is 20.8 Å². The van der Waals surface area contributed by atoms with Gasteiger partial charge in [-0.1, -0.05) is 6.92 Å². The molecule has 9 nitrogen and oxygen atoms in total. The second-order valence-corrected chi connectivity index (χ2v) is 8.90. The molecule has 4 rings (SSSR count). The summed E-state index contributed by atoms with van der Waals surface area (Å²) in [5.74, 6) is -8.18. The van der Waals surface area contributed by atoms with E-state index in [4.69, 9.17) is 5.73 Å². The Morgan fingerprint density at radius 2 is 1.94 bits per heavy atom. The molecule has 1 amide bonds. The number of fused-ring (bicyclic) bond motifs is 3. The Morgan fingerprint density at radius 3 is 2.55 bits per heavy atom. The predicted octanol–water partition coefficient (Wildman–Crippen LogP) is 0.883. The normalized spacial score (nSPS) is 29.2. The van der Waals surface area contributed by atoms with Crippen molar-refractivity contribution in [1.82, 2.24) is 4.90 Å². The van der Waals surface area contributed by atoms with Crippen LogP contribution in [-0.4, -0.2) is 68.0 Å². The van der Waals surface area contributed by atoms with E-state index in [2.05, 4.69) is 0 Å². The van der Waals surface area contributed by atoms with Gasteiger partial charge in [-0.3, -0.25) is 19.3 Å². The van der Waals surface area contributed by atoms with Crippen LogP contribution >= 0.6 is 0 Å². The summed E-state index contributed by atoms with van der Waals surface area (Å²) in [6.07, 6.45) is 0.476. The van der Waals surface area contributed by atoms with Crippen LogP contribution in [0.3, 0.4) is 0 Å². The van der Waals surface area contributed by atoms with Crippen molar-refractivity contribution < 1.29 is 39.2 Å². The van der Waals surface area contributed by atoms with Crippen LogP contribution in [0.5, 0.6) is 5.75 Å². The van der Waals surface area contributed by atoms with E-state index < -0.39 is 69.6 Å². The molecule has 0 aromatic heterocycles. The summed E-state index contributed by atoms with van der Waals surface area (Å²) in [5, 5.41) is 43.4. The molecule has 1 aromatic rings. The number of hydrogen-bond donors (Lipinski definition) is 5. The highest BCUT2D eigenvalue weighted by Crippen LogP contribution is 2.52. The Balaban J connectivity index is 1.97. The highest BCUT2D eigenvalue weighted by atomic mass is 19.1. The quantitative estimate of drug-likeness (QED) is 0.414. The Labute approximate surface area is 188 Å². The Bertz CT molecular complexity index is 1160. The molecule has 3 aliphatic rings. The standard InChI is InChI=1S/C23H25FN2O7/c1-3-6-26(2)17-11-8-9-7-10-12(24)4-5-13(27)15(10)18(28)14(9)20(30)23(11,33)21(31)16(19(17)29)22(25)32/h4-5,9,11,17,27-28,31,33H,3,6-8H2,1-2H3,(H2,25,32)/t9-,11-,17-,23-/m0/s1. The summed E-state index contributed by atoms with van der Waals surface area (Å²) in [7, 11) is 1.59. The summed E-state index contributed by atoms with van der Waals surface area (Å²) in [6, 6.07) is 0.924. The highest BCUT2D eigenvalue weighted by Gasteiger charge is 2.64. The molecular weight excluding hydrogens is 435 g/mol. The van der Waals surface area contributed by atoms with Crippen LogP contribution in [0.15, 0.2) is 29.0 Å². The zero-order valence-electron chi connectivity index (χ0n) is 18.1. The lowest BCUT2D eigenvalue weighted by molar-refractivity contribution is -0.154. The first kappa shape index (κ1) is 22.9. The fourth-order valence-corrected chi connectivity index (χ4v) is 5.61. The smallest absolute Gasteiger partial charge is 0.255 e. The van der Waals surface area contributed by atoms with Gasteiger partial charge < -0.3 is 26.2 Å². The van der Waals surface area contributed by atoms with E-state index >= 15 is 0 Å². The summed E-state index contributed by atoms with van der Waals surface area (Å²) >= 11 is 0. The molecule has 0 heterocycles. The van der Waals surface area contributed by atoms with Gasteiger partial charge in [-0.2, -0.15) is 0 Å². The minimum atomic E-state index is -2.70. The lowest BCUT2D eigenvalue weighted by Gasteiger charge is -2.50. The Morgan fingerprint density at radius 1 is 1.27 bits per heavy atom. The summed E-state index contributed by atoms with van der Waals surface area (Å²) in [4.78, 5) is 40.4. The SMILES string of the molecule is CCCN(C)[C@@H]1C(=O)C(C(N)=O)=C(O)[C@@]2(O)C(=O)C3=C(O)c4c(O)ccc(F)c4C[C@H]3C[C@@H]12. The monoisotopic (exact) mass is 460 g/mol. The van der Waals surface area contributed by atoms with Gasteiger partial charge in [0.2, 0.25) is 5.78 Å². The van der Waals surface area contributed by atoms with E-state index in [0.717, 1.165) is 12.1 Å². The lowest BCUT2D eigenvalue weighted by atomic mass is 9.57. The molecule has 1 saturated carbocycles. The fourth-order valence-electron chi connectivity index (χ4n) is 5.61. The van der Waals surface area contributed by atoms with Crippen molar-refractivity contribution in [2.45, 2.75) is 37.8 Å². The maximum atomic E-state index is 14.5. The largest absolute Gasteiger partial charge is 0.508 e. The summed E-state index contributed by atoms with van der Waals surface area (Å²) in [5.41, 5.74) is 1.20. The first-order valence-electron chi connectivity index (χ1n) is 10.7. The molecule has 0 aliphatic heterocycles. The molecule has 3 aliphatic carbocycles. The predicted molar refractivity (Wildman–Crippen MR) is 113 cm³/mol. The van der Waals surface area contributed by atoms with Crippen LogP contribution in [0.4, 0.5) is 4.39 Å². The second kappa shape index (κ2) is 7.67. The van der Waals surface area contributed by atoms with Crippen molar-refractivity contribution >= 4 is 23.2 Å². The van der Waals surface area contributed by atoms with Crippen LogP contribution in [0.25, 0.3) is 5.76 Å². The number of aliphatic hydroxyl groups excluding tert-OH is 2. The topological polar surface area (TPSA) is 161 Å². The number of aromatic hydroxyl groups is 1. The van der Waals surface area contributed by atoms with Crippen molar-refractivity contribution in [3.8, 4) is 5.75 Å². The number of phenols is 1. The molecule has 10 heteroatoms. The van der Waals surface area contributed by atoms with E-state index in [9.17, 15) is 39.2 Å². The van der Waals surface area contributed by atoms with Crippen molar-refractivity contribution in [3.63, 3.8) is 0 Å². The number of rotatable bonds is 4. The number of Topliss-reactive ketones (excluding diaryl/α,β-unsaturated/α-hetero) is 2. The molecule has 176 valence electrons. The number of amides is 1. The van der Waals surface area contributed by atoms with Crippen LogP contribution in [0.1, 0.15) is 30.9 Å². The van der Waals surface area contributed by atoms with Gasteiger partial charge in [0.05, 0.1) is 11.6 Å². The van der Waals surface area contributed by atoms with Gasteiger partial charge in [-0.25, -0.2) is 4.39 Å². The molecule has 33 heavy (non-hydrogen) atoms. The van der Waals surface area contributed by atoms with E-state index in [1.54, 1.807) is 11.9 Å². The molecule has 0 spiro atoms. The number of likely N-dealkylation sites (N-methyl/N-ethyl adjacent to an activating group) is 1. The Hall–Kier alpha value is -3.24. The van der Waals surface area contributed by atoms with Gasteiger partial charge in [-0.05, 0) is 50.9 Å². The zero-order chi connectivity index (χ0) is 24.4. The number of benzene rings is 1. The highest BCUT2D eigenvalue weighted by molar-refractivity contribution is 6.24. The number of carbonyl (C=O) groups is 3. The average Bonchev–Trinajstić information content (AvgIpc) is 2.73. The van der Waals surface area contributed by atoms with E-state index in [1.807, 2.05) is 6.92 Å². The number of ketones is 2. The van der Waals surface area contributed by atoms with E-state index in [-0.39, 0.29) is 29.5 Å². The number of hydrogen-bond acceptors (Lipinski definition) is 8.